The van der Waals surface area contributed by atoms with Crippen LogP contribution in [-0.2, 0) is 13.1 Å². The lowest BCUT2D eigenvalue weighted by molar-refractivity contribution is 0.0757. The molecule has 0 radical (unpaired) electrons. The zero-order chi connectivity index (χ0) is 18.8. The van der Waals surface area contributed by atoms with Crippen molar-refractivity contribution in [1.82, 2.24) is 14.5 Å². The Morgan fingerprint density at radius 3 is 2.81 bits per heavy atom. The average Bonchev–Trinajstić information content (AvgIpc) is 3.43. The minimum Gasteiger partial charge on any atom is -0.327 e. The van der Waals surface area contributed by atoms with E-state index < -0.39 is 0 Å². The molecule has 138 valence electrons. The van der Waals surface area contributed by atoms with E-state index in [1.54, 1.807) is 11.0 Å². The second-order valence-corrected chi connectivity index (χ2v) is 7.97. The number of hydrogen-bond acceptors (Lipinski definition) is 2. The Kier molecular flexibility index (Phi) is 5.12. The van der Waals surface area contributed by atoms with Gasteiger partial charge in [0.1, 0.15) is 5.82 Å². The highest BCUT2D eigenvalue weighted by molar-refractivity contribution is 9.10. The van der Waals surface area contributed by atoms with E-state index in [9.17, 15) is 4.79 Å². The number of benzene rings is 2. The third-order valence-corrected chi connectivity index (χ3v) is 5.41. The van der Waals surface area contributed by atoms with Crippen LogP contribution in [-0.4, -0.2) is 26.9 Å². The molecule has 1 amide bonds. The van der Waals surface area contributed by atoms with Crippen molar-refractivity contribution in [3.63, 3.8) is 0 Å². The maximum atomic E-state index is 13.1. The lowest BCUT2D eigenvalue weighted by Gasteiger charge is -2.22. The van der Waals surface area contributed by atoms with Crippen molar-refractivity contribution < 1.29 is 4.79 Å². The number of carbonyl (C=O) groups is 1. The van der Waals surface area contributed by atoms with Crippen molar-refractivity contribution in [2.75, 3.05) is 6.54 Å². The molecule has 4 rings (SSSR count). The monoisotopic (exact) mass is 423 g/mol. The molecule has 1 heterocycles. The van der Waals surface area contributed by atoms with E-state index in [1.165, 1.54) is 12.8 Å². The fraction of sp³-hybridized carbons (Fsp3) is 0.273. The number of fused-ring (bicyclic) bond motifs is 1. The van der Waals surface area contributed by atoms with Crippen LogP contribution in [0.15, 0.2) is 65.7 Å². The van der Waals surface area contributed by atoms with Gasteiger partial charge in [-0.05, 0) is 49.1 Å². The molecule has 0 bridgehead atoms. The number of nitrogens with zero attached hydrogens (tertiary/aromatic N) is 3. The van der Waals surface area contributed by atoms with Gasteiger partial charge in [-0.2, -0.15) is 0 Å². The van der Waals surface area contributed by atoms with E-state index in [1.807, 2.05) is 42.5 Å². The summed E-state index contributed by atoms with van der Waals surface area (Å²) in [4.78, 5) is 19.7. The lowest BCUT2D eigenvalue weighted by atomic mass is 10.2. The van der Waals surface area contributed by atoms with Crippen LogP contribution in [0.5, 0.6) is 0 Å². The van der Waals surface area contributed by atoms with Gasteiger partial charge in [0.2, 0.25) is 0 Å². The highest BCUT2D eigenvalue weighted by Gasteiger charge is 2.25. The average molecular weight is 424 g/mol. The van der Waals surface area contributed by atoms with Gasteiger partial charge in [-0.25, -0.2) is 4.98 Å². The number of hydrogen-bond donors (Lipinski definition) is 0. The van der Waals surface area contributed by atoms with Crippen LogP contribution in [0.3, 0.4) is 0 Å². The van der Waals surface area contributed by atoms with Crippen molar-refractivity contribution in [1.29, 1.82) is 0 Å². The zero-order valence-electron chi connectivity index (χ0n) is 15.1. The summed E-state index contributed by atoms with van der Waals surface area (Å²) in [5.41, 5.74) is 2.80. The van der Waals surface area contributed by atoms with E-state index in [2.05, 4.69) is 33.1 Å². The quantitative estimate of drug-likeness (QED) is 0.499. The van der Waals surface area contributed by atoms with Gasteiger partial charge in [-0.15, -0.1) is 6.58 Å². The maximum absolute atomic E-state index is 13.1. The summed E-state index contributed by atoms with van der Waals surface area (Å²) in [6.45, 7) is 5.76. The van der Waals surface area contributed by atoms with Gasteiger partial charge in [0, 0.05) is 23.1 Å². The minimum absolute atomic E-state index is 0.0128. The van der Waals surface area contributed by atoms with Crippen molar-refractivity contribution in [2.45, 2.75) is 25.9 Å². The molecular weight excluding hydrogens is 402 g/mol. The molecule has 1 aromatic heterocycles. The van der Waals surface area contributed by atoms with Crippen molar-refractivity contribution in [2.24, 2.45) is 5.92 Å². The molecule has 1 aliphatic rings. The molecule has 3 aromatic rings. The van der Waals surface area contributed by atoms with Gasteiger partial charge < -0.3 is 9.47 Å². The fourth-order valence-corrected chi connectivity index (χ4v) is 3.76. The molecule has 2 aromatic carbocycles. The van der Waals surface area contributed by atoms with Crippen molar-refractivity contribution in [3.8, 4) is 0 Å². The Morgan fingerprint density at radius 2 is 2.07 bits per heavy atom. The largest absolute Gasteiger partial charge is 0.327 e. The van der Waals surface area contributed by atoms with Crippen LogP contribution in [0.1, 0.15) is 29.0 Å². The Labute approximate surface area is 167 Å². The normalized spacial score (nSPS) is 13.7. The van der Waals surface area contributed by atoms with E-state index in [-0.39, 0.29) is 5.91 Å². The Balaban J connectivity index is 1.67. The molecule has 27 heavy (non-hydrogen) atoms. The Morgan fingerprint density at radius 1 is 1.26 bits per heavy atom. The highest BCUT2D eigenvalue weighted by Crippen LogP contribution is 2.32. The predicted molar refractivity (Wildman–Crippen MR) is 112 cm³/mol. The summed E-state index contributed by atoms with van der Waals surface area (Å²) in [6, 6.07) is 15.7. The standard InChI is InChI=1S/C22H22BrN3O/c1-2-12-25(22(27)17-6-5-7-18(23)13-17)15-21-24-19-8-3-4-9-20(19)26(21)14-16-10-11-16/h2-9,13,16H,1,10-12,14-15H2. The SMILES string of the molecule is C=CCN(Cc1nc2ccccc2n1CC1CC1)C(=O)c1cccc(Br)c1. The molecule has 4 nitrogen and oxygen atoms in total. The third-order valence-electron chi connectivity index (χ3n) is 4.91. The Hall–Kier alpha value is -2.40. The van der Waals surface area contributed by atoms with Crippen LogP contribution in [0.4, 0.5) is 0 Å². The fourth-order valence-electron chi connectivity index (χ4n) is 3.36. The molecule has 0 N–H and O–H groups in total. The molecule has 0 atom stereocenters. The van der Waals surface area contributed by atoms with Crippen LogP contribution >= 0.6 is 15.9 Å². The highest BCUT2D eigenvalue weighted by atomic mass is 79.9. The first-order valence-electron chi connectivity index (χ1n) is 9.25. The first kappa shape index (κ1) is 18.0. The molecule has 1 fully saturated rings. The van der Waals surface area contributed by atoms with Crippen LogP contribution < -0.4 is 0 Å². The summed E-state index contributed by atoms with van der Waals surface area (Å²) in [5, 5.41) is 0. The maximum Gasteiger partial charge on any atom is 0.254 e. The lowest BCUT2D eigenvalue weighted by Crippen LogP contribution is -2.32. The predicted octanol–water partition coefficient (Wildman–Crippen LogP) is 5.04. The van der Waals surface area contributed by atoms with E-state index >= 15 is 0 Å². The van der Waals surface area contributed by atoms with Gasteiger partial charge >= 0.3 is 0 Å². The topological polar surface area (TPSA) is 38.1 Å². The molecule has 0 spiro atoms. The third kappa shape index (κ3) is 3.98. The van der Waals surface area contributed by atoms with Gasteiger partial charge in [-0.3, -0.25) is 4.79 Å². The number of para-hydroxylation sites is 2. The number of rotatable bonds is 7. The minimum atomic E-state index is -0.0128. The number of carbonyl (C=O) groups excluding carboxylic acids is 1. The summed E-state index contributed by atoms with van der Waals surface area (Å²) < 4.78 is 3.19. The first-order valence-corrected chi connectivity index (χ1v) is 10.0. The summed E-state index contributed by atoms with van der Waals surface area (Å²) in [6.07, 6.45) is 4.32. The number of halogens is 1. The summed E-state index contributed by atoms with van der Waals surface area (Å²) in [5.74, 6) is 1.66. The molecular formula is C22H22BrN3O. The first-order chi connectivity index (χ1) is 13.2. The van der Waals surface area contributed by atoms with Crippen molar-refractivity contribution in [3.05, 3.63) is 77.0 Å². The van der Waals surface area contributed by atoms with Gasteiger partial charge in [0.15, 0.2) is 0 Å². The van der Waals surface area contributed by atoms with Gasteiger partial charge in [0.05, 0.1) is 17.6 Å². The number of aromatic nitrogens is 2. The number of imidazole rings is 1. The molecule has 1 saturated carbocycles. The Bertz CT molecular complexity index is 990. The molecule has 0 aliphatic heterocycles. The van der Waals surface area contributed by atoms with Gasteiger partial charge in [-0.1, -0.05) is 40.2 Å². The van der Waals surface area contributed by atoms with Crippen LogP contribution in [0, 0.1) is 5.92 Å². The van der Waals surface area contributed by atoms with E-state index in [0.717, 1.165) is 33.8 Å². The summed E-state index contributed by atoms with van der Waals surface area (Å²) >= 11 is 3.45. The molecule has 0 saturated heterocycles. The van der Waals surface area contributed by atoms with Crippen LogP contribution in [0.2, 0.25) is 0 Å². The molecule has 0 unspecified atom stereocenters. The molecule has 5 heteroatoms. The second kappa shape index (κ2) is 7.69. The van der Waals surface area contributed by atoms with E-state index in [4.69, 9.17) is 4.98 Å². The van der Waals surface area contributed by atoms with Gasteiger partial charge in [0.25, 0.3) is 5.91 Å². The smallest absolute Gasteiger partial charge is 0.254 e. The van der Waals surface area contributed by atoms with Crippen molar-refractivity contribution >= 4 is 32.9 Å². The van der Waals surface area contributed by atoms with E-state index in [0.29, 0.717) is 18.7 Å². The number of amides is 1. The molecule has 1 aliphatic carbocycles. The van der Waals surface area contributed by atoms with Crippen LogP contribution in [0.25, 0.3) is 11.0 Å². The summed E-state index contributed by atoms with van der Waals surface area (Å²) in [7, 11) is 0. The second-order valence-electron chi connectivity index (χ2n) is 7.06. The zero-order valence-corrected chi connectivity index (χ0v) is 16.7.